The topological polar surface area (TPSA) is 30.5 Å². The fraction of sp³-hybridized carbons (Fsp3) is 0.500. The van der Waals surface area contributed by atoms with Gasteiger partial charge in [-0.25, -0.2) is 0 Å². The third-order valence-electron chi connectivity index (χ3n) is 2.56. The van der Waals surface area contributed by atoms with E-state index < -0.39 is 5.92 Å². The number of benzene rings is 1. The third kappa shape index (κ3) is 2.66. The number of alkyl halides is 2. The van der Waals surface area contributed by atoms with Crippen LogP contribution in [0.15, 0.2) is 18.2 Å². The molecule has 0 radical (unpaired) electrons. The van der Waals surface area contributed by atoms with E-state index in [4.69, 9.17) is 9.47 Å². The molecule has 2 rings (SSSR count). The zero-order valence-corrected chi connectivity index (χ0v) is 9.63. The number of nitrogens with one attached hydrogen (secondary N) is 1. The summed E-state index contributed by atoms with van der Waals surface area (Å²) in [5, 5.41) is 2.65. The van der Waals surface area contributed by atoms with Gasteiger partial charge in [0.1, 0.15) is 13.2 Å². The molecule has 0 saturated carbocycles. The molecule has 0 amide bonds. The predicted octanol–water partition coefficient (Wildman–Crippen LogP) is 2.16. The first kappa shape index (κ1) is 12.1. The maximum Gasteiger partial charge on any atom is 0.285 e. The number of fused-ring (bicyclic) bond motifs is 1. The highest BCUT2D eigenvalue weighted by Crippen LogP contribution is 2.36. The Labute approximate surface area is 98.7 Å². The molecule has 1 aromatic rings. The zero-order valence-electron chi connectivity index (χ0n) is 9.63. The van der Waals surface area contributed by atoms with Gasteiger partial charge in [-0.05, 0) is 24.7 Å². The smallest absolute Gasteiger partial charge is 0.285 e. The second-order valence-electron chi connectivity index (χ2n) is 3.84. The van der Waals surface area contributed by atoms with Crippen molar-refractivity contribution in [3.8, 4) is 11.5 Å². The summed E-state index contributed by atoms with van der Waals surface area (Å²) in [6, 6.07) is 4.26. The Morgan fingerprint density at radius 1 is 1.24 bits per heavy atom. The Morgan fingerprint density at radius 3 is 2.65 bits per heavy atom. The van der Waals surface area contributed by atoms with Crippen molar-refractivity contribution in [2.24, 2.45) is 0 Å². The van der Waals surface area contributed by atoms with Gasteiger partial charge in [0.05, 0.1) is 6.54 Å². The summed E-state index contributed by atoms with van der Waals surface area (Å²) in [6.45, 7) is 2.79. The Kier molecular flexibility index (Phi) is 3.47. The number of hydrogen-bond acceptors (Lipinski definition) is 3. The molecule has 94 valence electrons. The second-order valence-corrected chi connectivity index (χ2v) is 3.84. The quantitative estimate of drug-likeness (QED) is 0.879. The number of likely N-dealkylation sites (N-methyl/N-ethyl adjacent to an activating group) is 1. The van der Waals surface area contributed by atoms with Crippen LogP contribution in [0, 0.1) is 0 Å². The average molecular weight is 243 g/mol. The summed E-state index contributed by atoms with van der Waals surface area (Å²) in [6.07, 6.45) is 0. The molecule has 0 atom stereocenters. The van der Waals surface area contributed by atoms with Crippen LogP contribution < -0.4 is 14.8 Å². The third-order valence-corrected chi connectivity index (χ3v) is 2.56. The fourth-order valence-electron chi connectivity index (χ4n) is 1.65. The van der Waals surface area contributed by atoms with Gasteiger partial charge in [-0.1, -0.05) is 6.92 Å². The van der Waals surface area contributed by atoms with Gasteiger partial charge in [0.2, 0.25) is 0 Å². The predicted molar refractivity (Wildman–Crippen MR) is 59.9 cm³/mol. The van der Waals surface area contributed by atoms with Gasteiger partial charge >= 0.3 is 0 Å². The molecule has 0 aliphatic carbocycles. The number of ether oxygens (including phenoxy) is 2. The van der Waals surface area contributed by atoms with Gasteiger partial charge in [0, 0.05) is 5.56 Å². The molecule has 0 fully saturated rings. The summed E-state index contributed by atoms with van der Waals surface area (Å²) in [7, 11) is 0. The van der Waals surface area contributed by atoms with Gasteiger partial charge in [0.25, 0.3) is 5.92 Å². The van der Waals surface area contributed by atoms with Crippen molar-refractivity contribution in [3.63, 3.8) is 0 Å². The van der Waals surface area contributed by atoms with E-state index in [9.17, 15) is 8.78 Å². The molecular weight excluding hydrogens is 228 g/mol. The SMILES string of the molecule is CCNCC(F)(F)c1ccc2c(c1)OCCO2. The largest absolute Gasteiger partial charge is 0.486 e. The summed E-state index contributed by atoms with van der Waals surface area (Å²) in [5.74, 6) is -1.98. The summed E-state index contributed by atoms with van der Waals surface area (Å²) >= 11 is 0. The average Bonchev–Trinajstić information content (AvgIpc) is 2.36. The number of hydrogen-bond donors (Lipinski definition) is 1. The summed E-state index contributed by atoms with van der Waals surface area (Å²) < 4.78 is 38.1. The van der Waals surface area contributed by atoms with Crippen molar-refractivity contribution in [1.29, 1.82) is 0 Å². The van der Waals surface area contributed by atoms with Gasteiger partial charge in [-0.3, -0.25) is 0 Å². The zero-order chi connectivity index (χ0) is 12.3. The molecule has 17 heavy (non-hydrogen) atoms. The number of halogens is 2. The highest BCUT2D eigenvalue weighted by atomic mass is 19.3. The van der Waals surface area contributed by atoms with Crippen LogP contribution in [-0.4, -0.2) is 26.3 Å². The number of rotatable bonds is 4. The van der Waals surface area contributed by atoms with Crippen molar-refractivity contribution in [2.75, 3.05) is 26.3 Å². The van der Waals surface area contributed by atoms with Crippen LogP contribution in [0.1, 0.15) is 12.5 Å². The van der Waals surface area contributed by atoms with E-state index in [0.29, 0.717) is 31.3 Å². The first-order valence-corrected chi connectivity index (χ1v) is 5.62. The Bertz CT molecular complexity index is 396. The minimum atomic E-state index is -2.90. The second kappa shape index (κ2) is 4.87. The molecular formula is C12H15F2NO2. The Hall–Kier alpha value is -1.36. The lowest BCUT2D eigenvalue weighted by Crippen LogP contribution is -2.30. The Morgan fingerprint density at radius 2 is 1.94 bits per heavy atom. The van der Waals surface area contributed by atoms with Crippen molar-refractivity contribution < 1.29 is 18.3 Å². The molecule has 0 spiro atoms. The highest BCUT2D eigenvalue weighted by Gasteiger charge is 2.32. The van der Waals surface area contributed by atoms with Gasteiger partial charge in [0.15, 0.2) is 11.5 Å². The molecule has 1 aliphatic heterocycles. The van der Waals surface area contributed by atoms with Gasteiger partial charge < -0.3 is 14.8 Å². The maximum atomic E-state index is 13.8. The molecule has 1 N–H and O–H groups in total. The first-order chi connectivity index (χ1) is 8.13. The van der Waals surface area contributed by atoms with Crippen molar-refractivity contribution >= 4 is 0 Å². The van der Waals surface area contributed by atoms with Crippen LogP contribution in [0.2, 0.25) is 0 Å². The summed E-state index contributed by atoms with van der Waals surface area (Å²) in [4.78, 5) is 0. The molecule has 5 heteroatoms. The monoisotopic (exact) mass is 243 g/mol. The maximum absolute atomic E-state index is 13.8. The molecule has 0 bridgehead atoms. The molecule has 1 aromatic carbocycles. The molecule has 0 saturated heterocycles. The van der Waals surface area contributed by atoms with Crippen molar-refractivity contribution in [3.05, 3.63) is 23.8 Å². The van der Waals surface area contributed by atoms with Crippen LogP contribution in [-0.2, 0) is 5.92 Å². The minimum Gasteiger partial charge on any atom is -0.486 e. The fourth-order valence-corrected chi connectivity index (χ4v) is 1.65. The lowest BCUT2D eigenvalue weighted by atomic mass is 10.1. The van der Waals surface area contributed by atoms with E-state index in [-0.39, 0.29) is 12.1 Å². The standard InChI is InChI=1S/C12H15F2NO2/c1-2-15-8-12(13,14)9-3-4-10-11(7-9)17-6-5-16-10/h3-4,7,15H,2,5-6,8H2,1H3. The van der Waals surface area contributed by atoms with Crippen LogP contribution >= 0.6 is 0 Å². The van der Waals surface area contributed by atoms with Gasteiger partial charge in [-0.2, -0.15) is 8.78 Å². The van der Waals surface area contributed by atoms with E-state index in [0.717, 1.165) is 0 Å². The molecule has 0 aromatic heterocycles. The van der Waals surface area contributed by atoms with Gasteiger partial charge in [-0.15, -0.1) is 0 Å². The van der Waals surface area contributed by atoms with Crippen LogP contribution in [0.5, 0.6) is 11.5 Å². The van der Waals surface area contributed by atoms with E-state index in [2.05, 4.69) is 5.32 Å². The lowest BCUT2D eigenvalue weighted by Gasteiger charge is -2.22. The van der Waals surface area contributed by atoms with E-state index >= 15 is 0 Å². The van der Waals surface area contributed by atoms with Crippen molar-refractivity contribution in [1.82, 2.24) is 5.32 Å². The lowest BCUT2D eigenvalue weighted by molar-refractivity contribution is -0.00305. The van der Waals surface area contributed by atoms with E-state index in [1.165, 1.54) is 18.2 Å². The van der Waals surface area contributed by atoms with E-state index in [1.807, 2.05) is 0 Å². The highest BCUT2D eigenvalue weighted by molar-refractivity contribution is 5.45. The minimum absolute atomic E-state index is 0.0531. The van der Waals surface area contributed by atoms with Crippen LogP contribution in [0.25, 0.3) is 0 Å². The summed E-state index contributed by atoms with van der Waals surface area (Å²) in [5.41, 5.74) is -0.0531. The Balaban J connectivity index is 2.20. The molecule has 3 nitrogen and oxygen atoms in total. The van der Waals surface area contributed by atoms with Crippen LogP contribution in [0.3, 0.4) is 0 Å². The van der Waals surface area contributed by atoms with Crippen molar-refractivity contribution in [2.45, 2.75) is 12.8 Å². The molecule has 1 aliphatic rings. The first-order valence-electron chi connectivity index (χ1n) is 5.62. The molecule has 1 heterocycles. The van der Waals surface area contributed by atoms with E-state index in [1.54, 1.807) is 6.92 Å². The molecule has 0 unspecified atom stereocenters. The van der Waals surface area contributed by atoms with Crippen LogP contribution in [0.4, 0.5) is 8.78 Å². The normalized spacial score (nSPS) is 14.8.